The van der Waals surface area contributed by atoms with Crippen LogP contribution in [0, 0.1) is 5.92 Å². The molecule has 1 N–H and O–H groups in total. The van der Waals surface area contributed by atoms with E-state index in [1.807, 2.05) is 19.2 Å². The van der Waals surface area contributed by atoms with Crippen molar-refractivity contribution >= 4 is 5.91 Å². The Hall–Kier alpha value is -2.15. The second-order valence-corrected chi connectivity index (χ2v) is 7.11. The van der Waals surface area contributed by atoms with Gasteiger partial charge >= 0.3 is 0 Å². The third kappa shape index (κ3) is 4.28. The van der Waals surface area contributed by atoms with Crippen LogP contribution in [-0.2, 0) is 24.4 Å². The zero-order valence-electron chi connectivity index (χ0n) is 15.4. The van der Waals surface area contributed by atoms with Crippen LogP contribution in [0.3, 0.4) is 0 Å². The first-order valence-corrected chi connectivity index (χ1v) is 9.11. The molecule has 0 aliphatic carbocycles. The second kappa shape index (κ2) is 7.82. The monoisotopic (exact) mass is 344 g/mol. The molecule has 1 aliphatic rings. The Bertz CT molecular complexity index is 690. The van der Waals surface area contributed by atoms with Crippen molar-refractivity contribution < 1.29 is 4.79 Å². The van der Waals surface area contributed by atoms with Crippen LogP contribution in [0.4, 0.5) is 0 Å². The molecule has 0 aromatic carbocycles. The lowest BCUT2D eigenvalue weighted by molar-refractivity contribution is -0.124. The Morgan fingerprint density at radius 2 is 2.20 bits per heavy atom. The highest BCUT2D eigenvalue weighted by Crippen LogP contribution is 2.15. The van der Waals surface area contributed by atoms with E-state index in [1.165, 1.54) is 5.69 Å². The van der Waals surface area contributed by atoms with E-state index in [4.69, 9.17) is 0 Å². The van der Waals surface area contributed by atoms with Crippen molar-refractivity contribution in [3.8, 4) is 0 Å². The Labute approximate surface area is 149 Å². The molecule has 0 radical (unpaired) electrons. The maximum atomic E-state index is 12.4. The summed E-state index contributed by atoms with van der Waals surface area (Å²) in [6, 6.07) is 3.68. The maximum absolute atomic E-state index is 12.4. The molecular formula is C18H28N6O. The van der Waals surface area contributed by atoms with Crippen molar-refractivity contribution in [2.75, 3.05) is 13.1 Å². The predicted octanol–water partition coefficient (Wildman–Crippen LogP) is 1.82. The highest BCUT2D eigenvalue weighted by atomic mass is 16.2. The van der Waals surface area contributed by atoms with Crippen LogP contribution in [-0.4, -0.2) is 43.5 Å². The number of hydrogen-bond acceptors (Lipinski definition) is 4. The van der Waals surface area contributed by atoms with Crippen LogP contribution in [0.15, 0.2) is 24.5 Å². The van der Waals surface area contributed by atoms with Crippen LogP contribution >= 0.6 is 0 Å². The number of rotatable bonds is 7. The first-order chi connectivity index (χ1) is 12.1. The third-order valence-corrected chi connectivity index (χ3v) is 4.53. The van der Waals surface area contributed by atoms with Gasteiger partial charge in [0.05, 0.1) is 24.5 Å². The quantitative estimate of drug-likeness (QED) is 0.832. The molecule has 0 saturated heterocycles. The van der Waals surface area contributed by atoms with Gasteiger partial charge in [-0.25, -0.2) is 0 Å². The molecule has 2 aromatic rings. The van der Waals surface area contributed by atoms with Crippen LogP contribution in [0.2, 0.25) is 0 Å². The first kappa shape index (κ1) is 17.7. The molecule has 25 heavy (non-hydrogen) atoms. The molecule has 0 spiro atoms. The average Bonchev–Trinajstić information content (AvgIpc) is 3.22. The van der Waals surface area contributed by atoms with E-state index in [1.54, 1.807) is 10.9 Å². The van der Waals surface area contributed by atoms with E-state index < -0.39 is 0 Å². The van der Waals surface area contributed by atoms with Crippen LogP contribution < -0.4 is 5.32 Å². The van der Waals surface area contributed by atoms with Crippen molar-refractivity contribution in [1.29, 1.82) is 0 Å². The van der Waals surface area contributed by atoms with E-state index in [0.29, 0.717) is 18.9 Å². The molecule has 0 bridgehead atoms. The smallest absolute Gasteiger partial charge is 0.245 e. The molecular weight excluding hydrogens is 316 g/mol. The molecule has 7 nitrogen and oxygen atoms in total. The van der Waals surface area contributed by atoms with Crippen molar-refractivity contribution in [1.82, 2.24) is 29.8 Å². The molecule has 0 saturated carbocycles. The number of fused-ring (bicyclic) bond motifs is 1. The van der Waals surface area contributed by atoms with Crippen molar-refractivity contribution in [2.45, 2.75) is 52.9 Å². The molecule has 7 heteroatoms. The summed E-state index contributed by atoms with van der Waals surface area (Å²) < 4.78 is 3.78. The number of hydrogen-bond donors (Lipinski definition) is 1. The van der Waals surface area contributed by atoms with Gasteiger partial charge in [0.25, 0.3) is 0 Å². The van der Waals surface area contributed by atoms with Crippen LogP contribution in [0.5, 0.6) is 0 Å². The van der Waals surface area contributed by atoms with Gasteiger partial charge in [0.1, 0.15) is 6.04 Å². The van der Waals surface area contributed by atoms with Crippen molar-refractivity contribution in [2.24, 2.45) is 5.92 Å². The summed E-state index contributed by atoms with van der Waals surface area (Å²) in [5.74, 6) is 0.653. The number of nitrogens with one attached hydrogen (secondary N) is 1. The summed E-state index contributed by atoms with van der Waals surface area (Å²) in [4.78, 5) is 14.9. The second-order valence-electron chi connectivity index (χ2n) is 7.11. The van der Waals surface area contributed by atoms with E-state index >= 15 is 0 Å². The normalized spacial score (nSPS) is 16.0. The van der Waals surface area contributed by atoms with Gasteiger partial charge < -0.3 is 5.32 Å². The van der Waals surface area contributed by atoms with Gasteiger partial charge in [-0.2, -0.15) is 10.2 Å². The van der Waals surface area contributed by atoms with Gasteiger partial charge in [-0.05, 0) is 24.5 Å². The van der Waals surface area contributed by atoms with Crippen molar-refractivity contribution in [3.05, 3.63) is 35.9 Å². The summed E-state index contributed by atoms with van der Waals surface area (Å²) >= 11 is 0. The van der Waals surface area contributed by atoms with Gasteiger partial charge in [0, 0.05) is 32.0 Å². The summed E-state index contributed by atoms with van der Waals surface area (Å²) in [7, 11) is 0. The fourth-order valence-electron chi connectivity index (χ4n) is 3.39. The molecule has 1 aliphatic heterocycles. The molecule has 1 atom stereocenters. The first-order valence-electron chi connectivity index (χ1n) is 9.11. The number of carbonyl (C=O) groups is 1. The third-order valence-electron chi connectivity index (χ3n) is 4.53. The average molecular weight is 344 g/mol. The number of aromatic nitrogens is 4. The van der Waals surface area contributed by atoms with Crippen LogP contribution in [0.25, 0.3) is 0 Å². The topological polar surface area (TPSA) is 68.0 Å². The van der Waals surface area contributed by atoms with Gasteiger partial charge in [-0.3, -0.25) is 19.1 Å². The minimum atomic E-state index is -0.270. The maximum Gasteiger partial charge on any atom is 0.245 e. The van der Waals surface area contributed by atoms with Gasteiger partial charge in [-0.1, -0.05) is 20.8 Å². The highest BCUT2D eigenvalue weighted by molar-refractivity contribution is 5.80. The Morgan fingerprint density at radius 3 is 2.88 bits per heavy atom. The molecule has 2 aromatic heterocycles. The van der Waals surface area contributed by atoms with Crippen LogP contribution in [0.1, 0.15) is 44.6 Å². The Kier molecular flexibility index (Phi) is 5.53. The van der Waals surface area contributed by atoms with Crippen molar-refractivity contribution in [3.63, 3.8) is 0 Å². The summed E-state index contributed by atoms with van der Waals surface area (Å²) in [5.41, 5.74) is 2.15. The lowest BCUT2D eigenvalue weighted by Crippen LogP contribution is -2.36. The predicted molar refractivity (Wildman–Crippen MR) is 95.7 cm³/mol. The Balaban J connectivity index is 1.58. The standard InChI is InChI=1S/C18H28N6O/c1-4-17(24-7-5-6-20-24)18(25)19-11-15-10-16-13-22(12-14(2)3)8-9-23(16)21-15/h5-7,10,14,17H,4,8-9,11-13H2,1-3H3,(H,19,25)/t17-/m0/s1. The number of amides is 1. The van der Waals surface area contributed by atoms with E-state index in [2.05, 4.69) is 45.0 Å². The number of nitrogens with zero attached hydrogens (tertiary/aromatic N) is 5. The van der Waals surface area contributed by atoms with Gasteiger partial charge in [0.15, 0.2) is 0 Å². The molecule has 0 unspecified atom stereocenters. The zero-order chi connectivity index (χ0) is 17.8. The molecule has 3 heterocycles. The minimum absolute atomic E-state index is 0.0152. The largest absolute Gasteiger partial charge is 0.349 e. The van der Waals surface area contributed by atoms with E-state index in [-0.39, 0.29) is 11.9 Å². The summed E-state index contributed by atoms with van der Waals surface area (Å²) in [6.45, 7) is 10.9. The molecule has 136 valence electrons. The van der Waals surface area contributed by atoms with Gasteiger partial charge in [-0.15, -0.1) is 0 Å². The number of carbonyl (C=O) groups excluding carboxylic acids is 1. The summed E-state index contributed by atoms with van der Waals surface area (Å²) in [5, 5.41) is 11.8. The van der Waals surface area contributed by atoms with E-state index in [9.17, 15) is 4.79 Å². The van der Waals surface area contributed by atoms with Gasteiger partial charge in [0.2, 0.25) is 5.91 Å². The summed E-state index contributed by atoms with van der Waals surface area (Å²) in [6.07, 6.45) is 4.23. The SMILES string of the molecule is CC[C@@H](C(=O)NCc1cc2n(n1)CCN(CC(C)C)C2)n1cccn1. The highest BCUT2D eigenvalue weighted by Gasteiger charge is 2.21. The lowest BCUT2D eigenvalue weighted by Gasteiger charge is -2.28. The molecule has 0 fully saturated rings. The zero-order valence-corrected chi connectivity index (χ0v) is 15.4. The Morgan fingerprint density at radius 1 is 1.36 bits per heavy atom. The fraction of sp³-hybridized carbons (Fsp3) is 0.611. The fourth-order valence-corrected chi connectivity index (χ4v) is 3.39. The van der Waals surface area contributed by atoms with E-state index in [0.717, 1.165) is 31.9 Å². The molecule has 3 rings (SSSR count). The lowest BCUT2D eigenvalue weighted by atomic mass is 10.2. The minimum Gasteiger partial charge on any atom is -0.349 e. The molecule has 1 amide bonds.